The largest absolute Gasteiger partial charge is 0.311 e. The summed E-state index contributed by atoms with van der Waals surface area (Å²) in [5.74, 6) is 0.417. The molecule has 3 heterocycles. The zero-order valence-electron chi connectivity index (χ0n) is 30.1. The Kier molecular flexibility index (Phi) is 6.17. The molecule has 54 heavy (non-hydrogen) atoms. The molecule has 0 fully saturated rings. The normalized spacial score (nSPS) is 14.7. The van der Waals surface area contributed by atoms with Crippen LogP contribution in [0.1, 0.15) is 46.9 Å². The number of hydrogen-bond acceptors (Lipinski definition) is 3. The predicted octanol–water partition coefficient (Wildman–Crippen LogP) is 11.3. The van der Waals surface area contributed by atoms with Gasteiger partial charge in [-0.25, -0.2) is 0 Å². The summed E-state index contributed by atoms with van der Waals surface area (Å²) >= 11 is 2.05. The van der Waals surface area contributed by atoms with Gasteiger partial charge >= 0.3 is 0 Å². The topological polar surface area (TPSA) is 6.48 Å². The first-order valence-corrected chi connectivity index (χ1v) is 19.9. The summed E-state index contributed by atoms with van der Waals surface area (Å²) in [5, 5.41) is 0. The van der Waals surface area contributed by atoms with Gasteiger partial charge < -0.3 is 9.80 Å². The number of para-hydroxylation sites is 2. The van der Waals surface area contributed by atoms with Crippen LogP contribution in [0.4, 0.5) is 34.1 Å². The average Bonchev–Trinajstić information content (AvgIpc) is 3.85. The lowest BCUT2D eigenvalue weighted by Crippen LogP contribution is -2.60. The van der Waals surface area contributed by atoms with Gasteiger partial charge in [-0.1, -0.05) is 141 Å². The summed E-state index contributed by atoms with van der Waals surface area (Å²) in [7, 11) is 0. The first-order chi connectivity index (χ1) is 26.7. The SMILES string of the molecule is CC(C)c1ccc2c(c1)N(c1ccccc1)c1cccc3c1B2c1sc2c(c1N3c1ccccc1)-c1ccccc1C21c2ccccc2-c2ccccc21. The smallest absolute Gasteiger partial charge is 0.264 e. The predicted molar refractivity (Wildman–Crippen MR) is 229 cm³/mol. The summed E-state index contributed by atoms with van der Waals surface area (Å²) in [6.45, 7) is 4.68. The van der Waals surface area contributed by atoms with E-state index in [4.69, 9.17) is 0 Å². The Morgan fingerprint density at radius 2 is 1.06 bits per heavy atom. The fourth-order valence-electron chi connectivity index (χ4n) is 10.3. The molecule has 0 saturated heterocycles. The molecular formula is C50H35BN2S. The molecule has 2 aliphatic heterocycles. The molecule has 0 unspecified atom stereocenters. The molecule has 0 atom stereocenters. The second-order valence-electron chi connectivity index (χ2n) is 15.4. The monoisotopic (exact) mass is 706 g/mol. The lowest BCUT2D eigenvalue weighted by molar-refractivity contribution is 0.811. The Hall–Kier alpha value is -6.10. The number of rotatable bonds is 3. The minimum Gasteiger partial charge on any atom is -0.311 e. The molecule has 4 aliphatic rings. The van der Waals surface area contributed by atoms with Crippen LogP contribution in [0.2, 0.25) is 0 Å². The van der Waals surface area contributed by atoms with Gasteiger partial charge in [0.1, 0.15) is 0 Å². The molecule has 2 aliphatic carbocycles. The molecular weight excluding hydrogens is 671 g/mol. The Morgan fingerprint density at radius 1 is 0.519 bits per heavy atom. The lowest BCUT2D eigenvalue weighted by Gasteiger charge is -2.43. The van der Waals surface area contributed by atoms with E-state index in [0.29, 0.717) is 5.92 Å². The van der Waals surface area contributed by atoms with Crippen LogP contribution in [0, 0.1) is 0 Å². The first kappa shape index (κ1) is 30.4. The number of anilines is 6. The van der Waals surface area contributed by atoms with Crippen LogP contribution in [0.5, 0.6) is 0 Å². The summed E-state index contributed by atoms with van der Waals surface area (Å²) in [5.41, 5.74) is 20.8. The minimum atomic E-state index is -0.395. The molecule has 1 aromatic heterocycles. The highest BCUT2D eigenvalue weighted by molar-refractivity contribution is 7.30. The van der Waals surface area contributed by atoms with Gasteiger partial charge in [0.2, 0.25) is 0 Å². The van der Waals surface area contributed by atoms with Crippen molar-refractivity contribution in [1.82, 2.24) is 0 Å². The third-order valence-electron chi connectivity index (χ3n) is 12.4. The van der Waals surface area contributed by atoms with Gasteiger partial charge in [-0.05, 0) is 98.3 Å². The molecule has 7 aromatic carbocycles. The molecule has 8 aromatic rings. The second-order valence-corrected chi connectivity index (χ2v) is 16.4. The van der Waals surface area contributed by atoms with Crippen LogP contribution in [-0.2, 0) is 5.41 Å². The quantitative estimate of drug-likeness (QED) is 0.169. The van der Waals surface area contributed by atoms with E-state index in [-0.39, 0.29) is 6.71 Å². The second kappa shape index (κ2) is 11.0. The lowest BCUT2D eigenvalue weighted by atomic mass is 9.36. The number of benzene rings is 7. The van der Waals surface area contributed by atoms with Crippen LogP contribution < -0.4 is 25.5 Å². The van der Waals surface area contributed by atoms with E-state index in [1.165, 1.54) is 99.2 Å². The van der Waals surface area contributed by atoms with E-state index in [1.54, 1.807) is 0 Å². The fourth-order valence-corrected chi connectivity index (χ4v) is 11.9. The summed E-state index contributed by atoms with van der Waals surface area (Å²) < 4.78 is 1.42. The van der Waals surface area contributed by atoms with Gasteiger partial charge in [-0.3, -0.25) is 0 Å². The average molecular weight is 707 g/mol. The molecule has 2 nitrogen and oxygen atoms in total. The Balaban J connectivity index is 1.24. The highest BCUT2D eigenvalue weighted by atomic mass is 32.1. The molecule has 0 radical (unpaired) electrons. The van der Waals surface area contributed by atoms with Crippen LogP contribution in [-0.4, -0.2) is 6.71 Å². The zero-order chi connectivity index (χ0) is 35.7. The van der Waals surface area contributed by atoms with Crippen molar-refractivity contribution in [2.45, 2.75) is 25.2 Å². The molecule has 0 amide bonds. The third kappa shape index (κ3) is 3.71. The molecule has 4 heteroatoms. The Bertz CT molecular complexity index is 2790. The Labute approximate surface area is 320 Å². The van der Waals surface area contributed by atoms with Crippen molar-refractivity contribution in [1.29, 1.82) is 0 Å². The maximum Gasteiger partial charge on any atom is 0.264 e. The van der Waals surface area contributed by atoms with Crippen molar-refractivity contribution in [2.24, 2.45) is 0 Å². The van der Waals surface area contributed by atoms with Crippen molar-refractivity contribution < 1.29 is 0 Å². The van der Waals surface area contributed by atoms with E-state index < -0.39 is 5.41 Å². The molecule has 254 valence electrons. The molecule has 0 saturated carbocycles. The van der Waals surface area contributed by atoms with Crippen molar-refractivity contribution in [3.8, 4) is 22.3 Å². The molecule has 1 spiro atoms. The first-order valence-electron chi connectivity index (χ1n) is 19.1. The van der Waals surface area contributed by atoms with E-state index >= 15 is 0 Å². The van der Waals surface area contributed by atoms with Crippen LogP contribution in [0.15, 0.2) is 170 Å². The van der Waals surface area contributed by atoms with E-state index in [0.717, 1.165) is 0 Å². The van der Waals surface area contributed by atoms with Crippen LogP contribution >= 0.6 is 11.3 Å². The molecule has 12 rings (SSSR count). The van der Waals surface area contributed by atoms with Crippen molar-refractivity contribution in [3.05, 3.63) is 197 Å². The minimum absolute atomic E-state index is 0.0778. The van der Waals surface area contributed by atoms with Crippen LogP contribution in [0.25, 0.3) is 22.3 Å². The van der Waals surface area contributed by atoms with Crippen molar-refractivity contribution in [2.75, 3.05) is 9.80 Å². The van der Waals surface area contributed by atoms with Gasteiger partial charge in [0.15, 0.2) is 0 Å². The van der Waals surface area contributed by atoms with E-state index in [2.05, 4.69) is 205 Å². The summed E-state index contributed by atoms with van der Waals surface area (Å²) in [6, 6.07) is 63.9. The number of fused-ring (bicyclic) bond motifs is 15. The maximum absolute atomic E-state index is 2.60. The van der Waals surface area contributed by atoms with Crippen LogP contribution in [0.3, 0.4) is 0 Å². The van der Waals surface area contributed by atoms with Crippen molar-refractivity contribution >= 4 is 67.9 Å². The van der Waals surface area contributed by atoms with Gasteiger partial charge in [0.05, 0.1) is 11.1 Å². The summed E-state index contributed by atoms with van der Waals surface area (Å²) in [4.78, 5) is 6.55. The maximum atomic E-state index is 2.60. The number of nitrogens with zero attached hydrogens (tertiary/aromatic N) is 2. The number of hydrogen-bond donors (Lipinski definition) is 0. The molecule has 0 N–H and O–H groups in total. The van der Waals surface area contributed by atoms with Crippen molar-refractivity contribution in [3.63, 3.8) is 0 Å². The Morgan fingerprint density at radius 3 is 1.69 bits per heavy atom. The highest BCUT2D eigenvalue weighted by Gasteiger charge is 2.56. The zero-order valence-corrected chi connectivity index (χ0v) is 30.9. The van der Waals surface area contributed by atoms with Gasteiger partial charge in [0.25, 0.3) is 6.71 Å². The van der Waals surface area contributed by atoms with E-state index in [9.17, 15) is 0 Å². The number of thiophene rings is 1. The fraction of sp³-hybridized carbons (Fsp3) is 0.0800. The summed E-state index contributed by atoms with van der Waals surface area (Å²) in [6.07, 6.45) is 0. The van der Waals surface area contributed by atoms with Gasteiger partial charge in [-0.15, -0.1) is 11.3 Å². The third-order valence-corrected chi connectivity index (χ3v) is 13.8. The van der Waals surface area contributed by atoms with E-state index in [1.807, 2.05) is 0 Å². The standard InChI is InChI=1S/C50H35BN2S/c1-31(2)32-28-29-41-44(30-32)52(33-16-5-3-6-17-33)42-26-15-27-43-46(42)51(41)49-47(53(43)34-18-7-4-8-19-34)45-37-22-11-14-25-40(37)50(48(45)54-49)38-23-12-9-20-35(38)36-21-10-13-24-39(36)50/h3-31H,1-2H3. The van der Waals surface area contributed by atoms with Gasteiger partial charge in [-0.2, -0.15) is 0 Å². The van der Waals surface area contributed by atoms with Gasteiger partial charge in [0, 0.05) is 43.7 Å². The highest BCUT2D eigenvalue weighted by Crippen LogP contribution is 2.66. The molecule has 0 bridgehead atoms.